The van der Waals surface area contributed by atoms with Crippen molar-refractivity contribution in [2.24, 2.45) is 0 Å². The Morgan fingerprint density at radius 1 is 1.22 bits per heavy atom. The summed E-state index contributed by atoms with van der Waals surface area (Å²) in [5, 5.41) is 10.1. The number of ether oxygens (including phenoxy) is 1. The first-order chi connectivity index (χ1) is 8.79. The smallest absolute Gasteiger partial charge is 0.216 e. The molecule has 4 heteroatoms. The minimum absolute atomic E-state index is 0.451. The van der Waals surface area contributed by atoms with Crippen LogP contribution in [0.15, 0.2) is 42.7 Å². The third-order valence-corrected chi connectivity index (χ3v) is 2.58. The molecule has 1 atom stereocenters. The van der Waals surface area contributed by atoms with Crippen LogP contribution >= 0.6 is 0 Å². The predicted molar refractivity (Wildman–Crippen MR) is 68.3 cm³/mol. The number of hydrogen-bond donors (Lipinski definition) is 1. The van der Waals surface area contributed by atoms with E-state index >= 15 is 0 Å². The van der Waals surface area contributed by atoms with E-state index in [9.17, 15) is 5.11 Å². The van der Waals surface area contributed by atoms with Gasteiger partial charge in [-0.15, -0.1) is 0 Å². The van der Waals surface area contributed by atoms with Crippen molar-refractivity contribution < 1.29 is 9.84 Å². The van der Waals surface area contributed by atoms with Crippen molar-refractivity contribution in [2.75, 3.05) is 6.61 Å². The topological polar surface area (TPSA) is 55.2 Å². The first-order valence-electron chi connectivity index (χ1n) is 5.96. The minimum Gasteiger partial charge on any atom is -0.478 e. The maximum Gasteiger partial charge on any atom is 0.216 e. The molecule has 0 saturated carbocycles. The van der Waals surface area contributed by atoms with E-state index in [0.717, 1.165) is 11.3 Å². The molecule has 0 bridgehead atoms. The third kappa shape index (κ3) is 3.28. The summed E-state index contributed by atoms with van der Waals surface area (Å²) in [6, 6.07) is 11.3. The van der Waals surface area contributed by atoms with Gasteiger partial charge in [-0.1, -0.05) is 30.3 Å². The van der Waals surface area contributed by atoms with E-state index in [4.69, 9.17) is 4.74 Å². The molecule has 4 nitrogen and oxygen atoms in total. The maximum absolute atomic E-state index is 10.1. The molecule has 1 unspecified atom stereocenters. The molecule has 0 amide bonds. The van der Waals surface area contributed by atoms with Crippen molar-refractivity contribution in [3.05, 3.63) is 54.0 Å². The van der Waals surface area contributed by atoms with Gasteiger partial charge in [-0.2, -0.15) is 0 Å². The molecule has 2 rings (SSSR count). The molecule has 1 heterocycles. The summed E-state index contributed by atoms with van der Waals surface area (Å²) in [6.45, 7) is 2.47. The van der Waals surface area contributed by atoms with E-state index < -0.39 is 6.10 Å². The maximum atomic E-state index is 10.1. The van der Waals surface area contributed by atoms with Crippen molar-refractivity contribution in [3.8, 4) is 5.88 Å². The molecule has 0 spiro atoms. The highest BCUT2D eigenvalue weighted by atomic mass is 16.5. The van der Waals surface area contributed by atoms with E-state index in [1.807, 2.05) is 37.3 Å². The lowest BCUT2D eigenvalue weighted by Gasteiger charge is -2.10. The first kappa shape index (κ1) is 12.5. The zero-order chi connectivity index (χ0) is 12.8. The standard InChI is InChI=1S/C14H16N2O2/c1-2-18-14-9-12(15-10-16-14)8-13(17)11-6-4-3-5-7-11/h3-7,9-10,13,17H,2,8H2,1H3. The van der Waals surface area contributed by atoms with E-state index in [1.54, 1.807) is 6.07 Å². The Hall–Kier alpha value is -1.94. The van der Waals surface area contributed by atoms with Crippen LogP contribution in [0, 0.1) is 0 Å². The van der Waals surface area contributed by atoms with Gasteiger partial charge in [-0.05, 0) is 12.5 Å². The first-order valence-corrected chi connectivity index (χ1v) is 5.96. The molecule has 0 aliphatic heterocycles. The SMILES string of the molecule is CCOc1cc(CC(O)c2ccccc2)ncn1. The second-order valence-electron chi connectivity index (χ2n) is 3.91. The molecule has 1 N–H and O–H groups in total. The summed E-state index contributed by atoms with van der Waals surface area (Å²) in [5.41, 5.74) is 1.65. The summed E-state index contributed by atoms with van der Waals surface area (Å²) < 4.78 is 5.30. The highest BCUT2D eigenvalue weighted by molar-refractivity contribution is 5.21. The second kappa shape index (κ2) is 6.12. The minimum atomic E-state index is -0.560. The molecule has 94 valence electrons. The van der Waals surface area contributed by atoms with Crippen LogP contribution in [0.2, 0.25) is 0 Å². The number of aliphatic hydroxyl groups is 1. The van der Waals surface area contributed by atoms with Gasteiger partial charge in [0, 0.05) is 12.5 Å². The summed E-state index contributed by atoms with van der Waals surface area (Å²) in [5.74, 6) is 0.544. The number of hydrogen-bond acceptors (Lipinski definition) is 4. The van der Waals surface area contributed by atoms with E-state index in [2.05, 4.69) is 9.97 Å². The van der Waals surface area contributed by atoms with Gasteiger partial charge in [0.1, 0.15) is 6.33 Å². The molecule has 18 heavy (non-hydrogen) atoms. The van der Waals surface area contributed by atoms with Gasteiger partial charge < -0.3 is 9.84 Å². The van der Waals surface area contributed by atoms with Crippen LogP contribution in [0.3, 0.4) is 0 Å². The molecule has 0 aliphatic rings. The van der Waals surface area contributed by atoms with Crippen LogP contribution in [-0.4, -0.2) is 21.7 Å². The summed E-state index contributed by atoms with van der Waals surface area (Å²) >= 11 is 0. The Bertz CT molecular complexity index is 488. The summed E-state index contributed by atoms with van der Waals surface area (Å²) in [4.78, 5) is 8.13. The quantitative estimate of drug-likeness (QED) is 0.875. The fourth-order valence-electron chi connectivity index (χ4n) is 1.71. The number of aliphatic hydroxyl groups excluding tert-OH is 1. The third-order valence-electron chi connectivity index (χ3n) is 2.58. The summed E-state index contributed by atoms with van der Waals surface area (Å²) in [7, 11) is 0. The lowest BCUT2D eigenvalue weighted by molar-refractivity contribution is 0.177. The van der Waals surface area contributed by atoms with E-state index in [0.29, 0.717) is 18.9 Å². The van der Waals surface area contributed by atoms with Crippen LogP contribution < -0.4 is 4.74 Å². The van der Waals surface area contributed by atoms with Gasteiger partial charge >= 0.3 is 0 Å². The fourth-order valence-corrected chi connectivity index (χ4v) is 1.71. The second-order valence-corrected chi connectivity index (χ2v) is 3.91. The molecule has 0 saturated heterocycles. The number of benzene rings is 1. The van der Waals surface area contributed by atoms with Crippen LogP contribution in [0.5, 0.6) is 5.88 Å². The van der Waals surface area contributed by atoms with Crippen molar-refractivity contribution in [1.82, 2.24) is 9.97 Å². The zero-order valence-electron chi connectivity index (χ0n) is 10.3. The van der Waals surface area contributed by atoms with Gasteiger partial charge in [-0.3, -0.25) is 0 Å². The Morgan fingerprint density at radius 2 is 2.00 bits per heavy atom. The molecule has 0 aliphatic carbocycles. The van der Waals surface area contributed by atoms with Crippen LogP contribution in [-0.2, 0) is 6.42 Å². The fraction of sp³-hybridized carbons (Fsp3) is 0.286. The average Bonchev–Trinajstić information content (AvgIpc) is 2.40. The van der Waals surface area contributed by atoms with Crippen molar-refractivity contribution in [3.63, 3.8) is 0 Å². The molecule has 0 fully saturated rings. The Balaban J connectivity index is 2.07. The Morgan fingerprint density at radius 3 is 2.72 bits per heavy atom. The molecular formula is C14H16N2O2. The van der Waals surface area contributed by atoms with Crippen molar-refractivity contribution >= 4 is 0 Å². The molecule has 1 aromatic heterocycles. The van der Waals surface area contributed by atoms with Crippen molar-refractivity contribution in [1.29, 1.82) is 0 Å². The predicted octanol–water partition coefficient (Wildman–Crippen LogP) is 2.15. The largest absolute Gasteiger partial charge is 0.478 e. The molecular weight excluding hydrogens is 228 g/mol. The van der Waals surface area contributed by atoms with Gasteiger partial charge in [-0.25, -0.2) is 9.97 Å². The highest BCUT2D eigenvalue weighted by Crippen LogP contribution is 2.18. The normalized spacial score (nSPS) is 12.1. The van der Waals surface area contributed by atoms with Gasteiger partial charge in [0.15, 0.2) is 0 Å². The van der Waals surface area contributed by atoms with Crippen molar-refractivity contribution in [2.45, 2.75) is 19.4 Å². The summed E-state index contributed by atoms with van der Waals surface area (Å²) in [6.07, 6.45) is 1.35. The van der Waals surface area contributed by atoms with E-state index in [-0.39, 0.29) is 0 Å². The van der Waals surface area contributed by atoms with Crippen LogP contribution in [0.1, 0.15) is 24.3 Å². The van der Waals surface area contributed by atoms with Crippen LogP contribution in [0.4, 0.5) is 0 Å². The average molecular weight is 244 g/mol. The highest BCUT2D eigenvalue weighted by Gasteiger charge is 2.09. The monoisotopic (exact) mass is 244 g/mol. The molecule has 0 radical (unpaired) electrons. The van der Waals surface area contributed by atoms with Gasteiger partial charge in [0.2, 0.25) is 5.88 Å². The lowest BCUT2D eigenvalue weighted by Crippen LogP contribution is -2.04. The number of nitrogens with zero attached hydrogens (tertiary/aromatic N) is 2. The molecule has 1 aromatic carbocycles. The Labute approximate surface area is 106 Å². The van der Waals surface area contributed by atoms with Gasteiger partial charge in [0.25, 0.3) is 0 Å². The lowest BCUT2D eigenvalue weighted by atomic mass is 10.1. The van der Waals surface area contributed by atoms with Gasteiger partial charge in [0.05, 0.1) is 18.4 Å². The number of rotatable bonds is 5. The molecule has 2 aromatic rings. The Kier molecular flexibility index (Phi) is 4.25. The van der Waals surface area contributed by atoms with Crippen LogP contribution in [0.25, 0.3) is 0 Å². The van der Waals surface area contributed by atoms with E-state index in [1.165, 1.54) is 6.33 Å². The zero-order valence-corrected chi connectivity index (χ0v) is 10.3. The number of aromatic nitrogens is 2.